The molecule has 2 aromatic carbocycles. The largest absolute Gasteiger partial charge is 0.490 e. The lowest BCUT2D eigenvalue weighted by Gasteiger charge is -2.48. The minimum absolute atomic E-state index is 0.0418. The van der Waals surface area contributed by atoms with Crippen molar-refractivity contribution in [2.75, 3.05) is 45.3 Å². The maximum absolute atomic E-state index is 14.3. The maximum atomic E-state index is 14.3. The van der Waals surface area contributed by atoms with Gasteiger partial charge in [0, 0.05) is 43.5 Å². The van der Waals surface area contributed by atoms with Crippen LogP contribution in [0, 0.1) is 11.8 Å². The molecule has 9 nitrogen and oxygen atoms in total. The highest BCUT2D eigenvalue weighted by atomic mass is 35.5. The molecule has 11 heteroatoms. The predicted octanol–water partition coefficient (Wildman–Crippen LogP) is 9.18. The van der Waals surface area contributed by atoms with Crippen molar-refractivity contribution in [3.8, 4) is 5.75 Å². The van der Waals surface area contributed by atoms with E-state index >= 15 is 0 Å². The first-order valence-electron chi connectivity index (χ1n) is 20.9. The van der Waals surface area contributed by atoms with Crippen LogP contribution in [0.5, 0.6) is 5.75 Å². The van der Waals surface area contributed by atoms with Crippen LogP contribution < -0.4 is 9.64 Å². The number of carbonyl (C=O) groups is 3. The SMILES string of the molecule is COC(=O)[C@@]1(CC(=O)OC(C)(C)C)CC(=O)N(C)CC/C=C/[C@H](O[Si](C)(C)C(C)(C)C)[C@@H]2CC[C@H]2CN2C[C@@]3(CCCc4cc(Cl)ccc43)COc3ccc1cc32. The number of hydrogen-bond acceptors (Lipinski definition) is 8. The Balaban J connectivity index is 1.51. The molecule has 0 N–H and O–H groups in total. The molecule has 1 saturated carbocycles. The van der Waals surface area contributed by atoms with Gasteiger partial charge in [-0.3, -0.25) is 14.4 Å². The molecule has 2 bridgehead atoms. The van der Waals surface area contributed by atoms with Crippen LogP contribution in [0.2, 0.25) is 23.2 Å². The van der Waals surface area contributed by atoms with Gasteiger partial charge in [0.15, 0.2) is 8.32 Å². The molecule has 4 aliphatic rings. The third-order valence-electron chi connectivity index (χ3n) is 13.5. The van der Waals surface area contributed by atoms with Crippen molar-refractivity contribution in [1.29, 1.82) is 0 Å². The van der Waals surface area contributed by atoms with Gasteiger partial charge in [-0.15, -0.1) is 0 Å². The lowest BCUT2D eigenvalue weighted by molar-refractivity contribution is -0.163. The molecule has 312 valence electrons. The van der Waals surface area contributed by atoms with Gasteiger partial charge in [-0.05, 0) is 130 Å². The van der Waals surface area contributed by atoms with E-state index in [-0.39, 0.29) is 35.3 Å². The Morgan fingerprint density at radius 1 is 1.05 bits per heavy atom. The fraction of sp³-hybridized carbons (Fsp3) is 0.630. The second-order valence-corrected chi connectivity index (χ2v) is 24.9. The van der Waals surface area contributed by atoms with Crippen molar-refractivity contribution in [1.82, 2.24) is 4.90 Å². The molecule has 2 heterocycles. The van der Waals surface area contributed by atoms with Crippen molar-refractivity contribution < 1.29 is 33.0 Å². The van der Waals surface area contributed by atoms with E-state index in [0.717, 1.165) is 49.4 Å². The van der Waals surface area contributed by atoms with Gasteiger partial charge < -0.3 is 28.4 Å². The molecule has 0 radical (unpaired) electrons. The highest BCUT2D eigenvalue weighted by Crippen LogP contribution is 2.49. The molecule has 1 spiro atoms. The summed E-state index contributed by atoms with van der Waals surface area (Å²) in [5.41, 5.74) is 1.17. The van der Waals surface area contributed by atoms with E-state index in [2.05, 4.69) is 63.0 Å². The second kappa shape index (κ2) is 16.4. The zero-order valence-electron chi connectivity index (χ0n) is 36.0. The van der Waals surface area contributed by atoms with E-state index in [4.69, 9.17) is 30.2 Å². The van der Waals surface area contributed by atoms with Crippen LogP contribution in [-0.2, 0) is 45.5 Å². The van der Waals surface area contributed by atoms with Crippen LogP contribution in [0.4, 0.5) is 5.69 Å². The highest BCUT2D eigenvalue weighted by Gasteiger charge is 2.50. The van der Waals surface area contributed by atoms with Gasteiger partial charge in [0.2, 0.25) is 5.91 Å². The Labute approximate surface area is 346 Å². The lowest BCUT2D eigenvalue weighted by atomic mass is 9.68. The number of ether oxygens (including phenoxy) is 3. The number of rotatable bonds is 5. The Kier molecular flexibility index (Phi) is 12.4. The molecular weight excluding hydrogens is 756 g/mol. The summed E-state index contributed by atoms with van der Waals surface area (Å²) in [5.74, 6) is -0.136. The number of halogens is 1. The molecule has 0 aromatic heterocycles. The topological polar surface area (TPSA) is 94.6 Å². The smallest absolute Gasteiger partial charge is 0.317 e. The second-order valence-electron chi connectivity index (χ2n) is 19.7. The zero-order chi connectivity index (χ0) is 41.6. The van der Waals surface area contributed by atoms with Gasteiger partial charge in [0.05, 0.1) is 31.9 Å². The van der Waals surface area contributed by atoms with Crippen LogP contribution >= 0.6 is 11.6 Å². The minimum atomic E-state index is -2.14. The summed E-state index contributed by atoms with van der Waals surface area (Å²) >= 11 is 6.55. The fourth-order valence-electron chi connectivity index (χ4n) is 9.10. The van der Waals surface area contributed by atoms with Gasteiger partial charge in [0.25, 0.3) is 0 Å². The minimum Gasteiger partial charge on any atom is -0.490 e. The molecule has 2 aliphatic carbocycles. The molecule has 1 amide bonds. The quantitative estimate of drug-likeness (QED) is 0.168. The number of amides is 1. The number of carbonyl (C=O) groups excluding carboxylic acids is 3. The van der Waals surface area contributed by atoms with Crippen molar-refractivity contribution in [2.45, 2.75) is 134 Å². The van der Waals surface area contributed by atoms with Gasteiger partial charge in [0.1, 0.15) is 16.8 Å². The molecule has 5 atom stereocenters. The van der Waals surface area contributed by atoms with Crippen molar-refractivity contribution in [3.05, 3.63) is 70.3 Å². The third kappa shape index (κ3) is 9.13. The van der Waals surface area contributed by atoms with Crippen LogP contribution in [0.3, 0.4) is 0 Å². The van der Waals surface area contributed by atoms with Gasteiger partial charge in [-0.25, -0.2) is 0 Å². The molecule has 57 heavy (non-hydrogen) atoms. The fourth-order valence-corrected chi connectivity index (χ4v) is 10.6. The normalized spacial score (nSPS) is 27.6. The molecule has 1 fully saturated rings. The van der Waals surface area contributed by atoms with E-state index in [1.54, 1.807) is 32.7 Å². The van der Waals surface area contributed by atoms with E-state index in [1.165, 1.54) is 18.2 Å². The van der Waals surface area contributed by atoms with Crippen molar-refractivity contribution in [3.63, 3.8) is 0 Å². The van der Waals surface area contributed by atoms with Crippen LogP contribution in [0.1, 0.15) is 103 Å². The highest BCUT2D eigenvalue weighted by molar-refractivity contribution is 6.74. The Bertz CT molecular complexity index is 1870. The van der Waals surface area contributed by atoms with E-state index < -0.39 is 31.3 Å². The number of esters is 2. The van der Waals surface area contributed by atoms with Crippen molar-refractivity contribution in [2.24, 2.45) is 11.8 Å². The molecule has 2 aromatic rings. The average molecular weight is 822 g/mol. The number of hydrogen-bond donors (Lipinski definition) is 0. The Morgan fingerprint density at radius 2 is 1.81 bits per heavy atom. The Morgan fingerprint density at radius 3 is 2.47 bits per heavy atom. The van der Waals surface area contributed by atoms with Gasteiger partial charge in [-0.2, -0.15) is 0 Å². The van der Waals surface area contributed by atoms with Crippen LogP contribution in [0.25, 0.3) is 0 Å². The summed E-state index contributed by atoms with van der Waals surface area (Å²) in [4.78, 5) is 46.4. The third-order valence-corrected chi connectivity index (χ3v) is 18.2. The van der Waals surface area contributed by atoms with Crippen LogP contribution in [0.15, 0.2) is 48.6 Å². The zero-order valence-corrected chi connectivity index (χ0v) is 37.7. The van der Waals surface area contributed by atoms with E-state index in [0.29, 0.717) is 49.3 Å². The number of nitrogens with zero attached hydrogens (tertiary/aromatic N) is 2. The molecule has 0 unspecified atom stereocenters. The lowest BCUT2D eigenvalue weighted by Crippen LogP contribution is -2.52. The predicted molar refractivity (Wildman–Crippen MR) is 229 cm³/mol. The standard InChI is InChI=1S/C46H65ClN2O7Si/c1-43(2,3)55-41(51)27-46(42(52)53-8)26-40(50)48(7)23-12-11-15-38(56-57(9,10)44(4,5)6)35-19-16-32(35)28-49-29-45(30-54-39-21-17-33(46)25-37(39)49)22-13-14-31-24-34(47)18-20-36(31)45/h11,15,17-18,20-21,24-25,32,35,38H,12-14,16,19,22-23,26-30H2,1-10H3/b15-11+/t32-,35+,38-,45-,46+/m0/s1. The van der Waals surface area contributed by atoms with Gasteiger partial charge in [-0.1, -0.05) is 56.7 Å². The number of anilines is 1. The summed E-state index contributed by atoms with van der Waals surface area (Å²) < 4.78 is 25.4. The summed E-state index contributed by atoms with van der Waals surface area (Å²) in [6.07, 6.45) is 9.46. The molecule has 6 rings (SSSR count). The first-order chi connectivity index (χ1) is 26.7. The first kappa shape index (κ1) is 43.2. The molecule has 2 aliphatic heterocycles. The Hall–Kier alpha value is -3.34. The maximum Gasteiger partial charge on any atom is 0.317 e. The number of benzene rings is 2. The first-order valence-corrected chi connectivity index (χ1v) is 24.2. The summed E-state index contributed by atoms with van der Waals surface area (Å²) in [6, 6.07) is 12.0. The summed E-state index contributed by atoms with van der Waals surface area (Å²) in [7, 11) is 0.926. The molecular formula is C46H65ClN2O7Si. The number of aryl methyl sites for hydroxylation is 1. The van der Waals surface area contributed by atoms with Crippen LogP contribution in [-0.4, -0.2) is 83.2 Å². The van der Waals surface area contributed by atoms with E-state index in [1.807, 2.05) is 24.3 Å². The van der Waals surface area contributed by atoms with Gasteiger partial charge >= 0.3 is 11.9 Å². The summed E-state index contributed by atoms with van der Waals surface area (Å²) in [6.45, 7) is 19.3. The number of methoxy groups -OCH3 is 1. The summed E-state index contributed by atoms with van der Waals surface area (Å²) in [5, 5.41) is 0.787. The average Bonchev–Trinajstić information content (AvgIpc) is 3.25. The monoisotopic (exact) mass is 820 g/mol. The molecule has 0 saturated heterocycles. The van der Waals surface area contributed by atoms with Crippen molar-refractivity contribution >= 4 is 43.5 Å². The van der Waals surface area contributed by atoms with E-state index in [9.17, 15) is 14.4 Å². The number of fused-ring (bicyclic) bond motifs is 4.